The monoisotopic (exact) mass is 239 g/mol. The van der Waals surface area contributed by atoms with Gasteiger partial charge in [0.1, 0.15) is 5.82 Å². The maximum Gasteiger partial charge on any atom is 0.160 e. The second-order valence-corrected chi connectivity index (χ2v) is 4.07. The molecule has 0 aromatic carbocycles. The van der Waals surface area contributed by atoms with Crippen molar-refractivity contribution in [3.8, 4) is 0 Å². The number of anilines is 1. The molecule has 3 heterocycles. The number of aryl methyl sites for hydroxylation is 1. The van der Waals surface area contributed by atoms with E-state index in [2.05, 4.69) is 20.4 Å². The smallest absolute Gasteiger partial charge is 0.160 e. The summed E-state index contributed by atoms with van der Waals surface area (Å²) in [6.07, 6.45) is 5.39. The van der Waals surface area contributed by atoms with E-state index < -0.39 is 0 Å². The van der Waals surface area contributed by atoms with Crippen molar-refractivity contribution in [2.45, 2.75) is 13.5 Å². The molecule has 0 spiro atoms. The van der Waals surface area contributed by atoms with Crippen LogP contribution in [0.15, 0.2) is 42.9 Å². The fraction of sp³-hybridized carbons (Fsp3) is 0.154. The molecular weight excluding hydrogens is 226 g/mol. The number of hydrogen-bond donors (Lipinski definition) is 1. The van der Waals surface area contributed by atoms with Gasteiger partial charge >= 0.3 is 0 Å². The lowest BCUT2D eigenvalue weighted by molar-refractivity contribution is 0.917. The molecular formula is C13H13N5. The first-order chi connectivity index (χ1) is 8.84. The summed E-state index contributed by atoms with van der Waals surface area (Å²) >= 11 is 0. The molecule has 5 heteroatoms. The summed E-state index contributed by atoms with van der Waals surface area (Å²) in [6, 6.07) is 7.78. The molecule has 0 aliphatic heterocycles. The predicted molar refractivity (Wildman–Crippen MR) is 69.3 cm³/mol. The molecule has 5 nitrogen and oxygen atoms in total. The first-order valence-electron chi connectivity index (χ1n) is 5.78. The molecule has 3 rings (SSSR count). The van der Waals surface area contributed by atoms with Crippen LogP contribution in [0.1, 0.15) is 11.3 Å². The minimum absolute atomic E-state index is 0.666. The van der Waals surface area contributed by atoms with Crippen molar-refractivity contribution in [3.63, 3.8) is 0 Å². The van der Waals surface area contributed by atoms with Gasteiger partial charge in [-0.05, 0) is 25.1 Å². The number of nitrogens with one attached hydrogen (secondary N) is 1. The molecule has 0 saturated carbocycles. The first-order valence-corrected chi connectivity index (χ1v) is 5.78. The third-order valence-electron chi connectivity index (χ3n) is 2.75. The molecule has 1 N–H and O–H groups in total. The molecule has 90 valence electrons. The van der Waals surface area contributed by atoms with Gasteiger partial charge in [0.25, 0.3) is 0 Å². The van der Waals surface area contributed by atoms with E-state index in [-0.39, 0.29) is 0 Å². The number of aromatic nitrogens is 4. The number of rotatable bonds is 3. The van der Waals surface area contributed by atoms with Crippen LogP contribution < -0.4 is 5.32 Å². The average molecular weight is 239 g/mol. The molecule has 0 fully saturated rings. The van der Waals surface area contributed by atoms with Crippen LogP contribution in [0.25, 0.3) is 5.65 Å². The van der Waals surface area contributed by atoms with E-state index in [0.717, 1.165) is 22.7 Å². The Morgan fingerprint density at radius 1 is 1.17 bits per heavy atom. The predicted octanol–water partition coefficient (Wildman–Crippen LogP) is 2.04. The van der Waals surface area contributed by atoms with Gasteiger partial charge in [0.15, 0.2) is 5.65 Å². The third-order valence-corrected chi connectivity index (χ3v) is 2.75. The lowest BCUT2D eigenvalue weighted by atomic mass is 10.3. The van der Waals surface area contributed by atoms with E-state index in [0.29, 0.717) is 6.54 Å². The average Bonchev–Trinajstić information content (AvgIpc) is 2.80. The van der Waals surface area contributed by atoms with Crippen LogP contribution in [0.2, 0.25) is 0 Å². The summed E-state index contributed by atoms with van der Waals surface area (Å²) in [5.74, 6) is 0.916. The Morgan fingerprint density at radius 2 is 2.11 bits per heavy atom. The van der Waals surface area contributed by atoms with Crippen LogP contribution >= 0.6 is 0 Å². The molecule has 0 amide bonds. The van der Waals surface area contributed by atoms with Gasteiger partial charge in [-0.3, -0.25) is 4.98 Å². The van der Waals surface area contributed by atoms with E-state index in [4.69, 9.17) is 0 Å². The van der Waals surface area contributed by atoms with Crippen LogP contribution in [-0.4, -0.2) is 19.6 Å². The van der Waals surface area contributed by atoms with Crippen LogP contribution in [0, 0.1) is 6.92 Å². The van der Waals surface area contributed by atoms with E-state index in [1.807, 2.05) is 37.4 Å². The van der Waals surface area contributed by atoms with Gasteiger partial charge in [0.05, 0.1) is 18.4 Å². The van der Waals surface area contributed by atoms with Gasteiger partial charge < -0.3 is 5.32 Å². The quantitative estimate of drug-likeness (QED) is 0.760. The fourth-order valence-corrected chi connectivity index (χ4v) is 1.82. The Balaban J connectivity index is 1.87. The van der Waals surface area contributed by atoms with E-state index in [1.165, 1.54) is 0 Å². The van der Waals surface area contributed by atoms with Crippen LogP contribution in [-0.2, 0) is 6.54 Å². The summed E-state index contributed by atoms with van der Waals surface area (Å²) in [4.78, 5) is 8.57. The molecule has 3 aromatic heterocycles. The highest BCUT2D eigenvalue weighted by molar-refractivity contribution is 5.52. The Kier molecular flexibility index (Phi) is 2.64. The van der Waals surface area contributed by atoms with Crippen LogP contribution in [0.4, 0.5) is 5.82 Å². The van der Waals surface area contributed by atoms with Crippen molar-refractivity contribution in [3.05, 3.63) is 54.1 Å². The summed E-state index contributed by atoms with van der Waals surface area (Å²) in [5.41, 5.74) is 2.93. The van der Waals surface area contributed by atoms with E-state index in [9.17, 15) is 0 Å². The lowest BCUT2D eigenvalue weighted by Crippen LogP contribution is -2.06. The minimum atomic E-state index is 0.666. The SMILES string of the molecule is Cc1cnn2c(NCc3ccccn3)ccnc12. The lowest BCUT2D eigenvalue weighted by Gasteiger charge is -2.07. The van der Waals surface area contributed by atoms with Gasteiger partial charge in [0.2, 0.25) is 0 Å². The first kappa shape index (κ1) is 10.7. The molecule has 0 aliphatic rings. The highest BCUT2D eigenvalue weighted by Crippen LogP contribution is 2.13. The van der Waals surface area contributed by atoms with Crippen molar-refractivity contribution < 1.29 is 0 Å². The summed E-state index contributed by atoms with van der Waals surface area (Å²) in [6.45, 7) is 2.66. The zero-order valence-corrected chi connectivity index (χ0v) is 10.0. The molecule has 0 radical (unpaired) electrons. The zero-order valence-electron chi connectivity index (χ0n) is 10.0. The minimum Gasteiger partial charge on any atom is -0.364 e. The van der Waals surface area contributed by atoms with Gasteiger partial charge in [-0.25, -0.2) is 4.98 Å². The van der Waals surface area contributed by atoms with Gasteiger partial charge in [-0.1, -0.05) is 6.07 Å². The highest BCUT2D eigenvalue weighted by atomic mass is 15.3. The Hall–Kier alpha value is -2.43. The number of hydrogen-bond acceptors (Lipinski definition) is 4. The molecule has 0 aliphatic carbocycles. The molecule has 0 unspecified atom stereocenters. The summed E-state index contributed by atoms with van der Waals surface area (Å²) in [7, 11) is 0. The van der Waals surface area contributed by atoms with Crippen molar-refractivity contribution >= 4 is 11.5 Å². The molecule has 3 aromatic rings. The van der Waals surface area contributed by atoms with Gasteiger partial charge in [-0.2, -0.15) is 9.61 Å². The maximum absolute atomic E-state index is 4.30. The second-order valence-electron chi connectivity index (χ2n) is 4.07. The second kappa shape index (κ2) is 4.44. The fourth-order valence-electron chi connectivity index (χ4n) is 1.82. The van der Waals surface area contributed by atoms with Crippen molar-refractivity contribution in [1.29, 1.82) is 0 Å². The Labute approximate surface area is 105 Å². The van der Waals surface area contributed by atoms with E-state index in [1.54, 1.807) is 16.9 Å². The molecule has 0 bridgehead atoms. The van der Waals surface area contributed by atoms with Crippen LogP contribution in [0.3, 0.4) is 0 Å². The van der Waals surface area contributed by atoms with Crippen LogP contribution in [0.5, 0.6) is 0 Å². The summed E-state index contributed by atoms with van der Waals surface area (Å²) in [5, 5.41) is 7.62. The highest BCUT2D eigenvalue weighted by Gasteiger charge is 2.04. The largest absolute Gasteiger partial charge is 0.364 e. The number of pyridine rings is 1. The van der Waals surface area contributed by atoms with Gasteiger partial charge in [0, 0.05) is 18.0 Å². The Morgan fingerprint density at radius 3 is 2.94 bits per heavy atom. The standard InChI is InChI=1S/C13H13N5/c1-10-8-17-18-12(5-7-15-13(10)18)16-9-11-4-2-3-6-14-11/h2-8,16H,9H2,1H3. The number of fused-ring (bicyclic) bond motifs is 1. The van der Waals surface area contributed by atoms with E-state index >= 15 is 0 Å². The molecule has 18 heavy (non-hydrogen) atoms. The molecule has 0 saturated heterocycles. The maximum atomic E-state index is 4.30. The van der Waals surface area contributed by atoms with Gasteiger partial charge in [-0.15, -0.1) is 0 Å². The normalized spacial score (nSPS) is 10.7. The van der Waals surface area contributed by atoms with Crippen molar-refractivity contribution in [2.75, 3.05) is 5.32 Å². The zero-order chi connectivity index (χ0) is 12.4. The number of nitrogens with zero attached hydrogens (tertiary/aromatic N) is 4. The topological polar surface area (TPSA) is 55.1 Å². The summed E-state index contributed by atoms with van der Waals surface area (Å²) < 4.78 is 1.80. The Bertz CT molecular complexity index is 659. The molecule has 0 atom stereocenters. The van der Waals surface area contributed by atoms with Crippen molar-refractivity contribution in [1.82, 2.24) is 19.6 Å². The third kappa shape index (κ3) is 1.90. The van der Waals surface area contributed by atoms with Crippen molar-refractivity contribution in [2.24, 2.45) is 0 Å².